The Morgan fingerprint density at radius 1 is 1.12 bits per heavy atom. The molecule has 2 atom stereocenters. The van der Waals surface area contributed by atoms with Crippen LogP contribution in [-0.4, -0.2) is 12.1 Å². The fourth-order valence-corrected chi connectivity index (χ4v) is 3.14. The van der Waals surface area contributed by atoms with Gasteiger partial charge < -0.3 is 5.32 Å². The van der Waals surface area contributed by atoms with Crippen molar-refractivity contribution in [3.8, 4) is 0 Å². The van der Waals surface area contributed by atoms with Crippen LogP contribution in [0.5, 0.6) is 0 Å². The van der Waals surface area contributed by atoms with Gasteiger partial charge in [-0.15, -0.1) is 0 Å². The Morgan fingerprint density at radius 2 is 1.76 bits per heavy atom. The number of hydrogen-bond acceptors (Lipinski definition) is 1. The highest BCUT2D eigenvalue weighted by Gasteiger charge is 2.29. The Balaban J connectivity index is 1.76. The average molecular weight is 227 g/mol. The van der Waals surface area contributed by atoms with Crippen LogP contribution in [0.2, 0.25) is 0 Å². The molecule has 2 aliphatic heterocycles. The van der Waals surface area contributed by atoms with Gasteiger partial charge in [0, 0.05) is 12.1 Å². The van der Waals surface area contributed by atoms with E-state index in [0.29, 0.717) is 0 Å². The van der Waals surface area contributed by atoms with Crippen molar-refractivity contribution in [2.24, 2.45) is 0 Å². The molecule has 0 radical (unpaired) electrons. The molecule has 0 amide bonds. The number of fused-ring (bicyclic) bond motifs is 2. The standard InChI is InChI=1S/C16H21N/c1-2-12-3-5-13(6-4-12)9-14-10-15-7-8-16(11-14)17-15/h3-6,9,15-17H,2,7-8,10-11H2,1H3. The van der Waals surface area contributed by atoms with Crippen LogP contribution in [0.25, 0.3) is 6.08 Å². The van der Waals surface area contributed by atoms with Crippen molar-refractivity contribution in [2.45, 2.75) is 51.1 Å². The molecule has 2 bridgehead atoms. The van der Waals surface area contributed by atoms with Crippen LogP contribution >= 0.6 is 0 Å². The SMILES string of the molecule is CCc1ccc(C=C2CC3CCC(C2)N3)cc1. The molecule has 2 unspecified atom stereocenters. The quantitative estimate of drug-likeness (QED) is 0.814. The van der Waals surface area contributed by atoms with Gasteiger partial charge in [-0.3, -0.25) is 0 Å². The van der Waals surface area contributed by atoms with Crippen molar-refractivity contribution in [3.63, 3.8) is 0 Å². The van der Waals surface area contributed by atoms with Crippen LogP contribution in [0, 0.1) is 0 Å². The van der Waals surface area contributed by atoms with E-state index in [1.807, 2.05) is 0 Å². The Morgan fingerprint density at radius 3 is 2.35 bits per heavy atom. The lowest BCUT2D eigenvalue weighted by molar-refractivity contribution is 0.476. The van der Waals surface area contributed by atoms with E-state index < -0.39 is 0 Å². The van der Waals surface area contributed by atoms with Crippen LogP contribution < -0.4 is 5.32 Å². The molecule has 2 fully saturated rings. The summed E-state index contributed by atoms with van der Waals surface area (Å²) in [5.74, 6) is 0. The fraction of sp³-hybridized carbons (Fsp3) is 0.500. The smallest absolute Gasteiger partial charge is 0.0108 e. The van der Waals surface area contributed by atoms with Crippen LogP contribution in [0.15, 0.2) is 29.8 Å². The van der Waals surface area contributed by atoms with Gasteiger partial charge in [0.05, 0.1) is 0 Å². The Labute approximate surface area is 104 Å². The number of hydrogen-bond donors (Lipinski definition) is 1. The van der Waals surface area contributed by atoms with Crippen LogP contribution in [-0.2, 0) is 6.42 Å². The summed E-state index contributed by atoms with van der Waals surface area (Å²) < 4.78 is 0. The van der Waals surface area contributed by atoms with Gasteiger partial charge in [0.25, 0.3) is 0 Å². The lowest BCUT2D eigenvalue weighted by atomic mass is 9.96. The molecular formula is C16H21N. The van der Waals surface area contributed by atoms with E-state index in [2.05, 4.69) is 42.6 Å². The lowest BCUT2D eigenvalue weighted by Gasteiger charge is -2.23. The van der Waals surface area contributed by atoms with Crippen LogP contribution in [0.1, 0.15) is 43.7 Å². The van der Waals surface area contributed by atoms with Gasteiger partial charge in [-0.1, -0.05) is 42.8 Å². The van der Waals surface area contributed by atoms with Crippen LogP contribution in [0.4, 0.5) is 0 Å². The van der Waals surface area contributed by atoms with E-state index in [4.69, 9.17) is 0 Å². The molecule has 0 spiro atoms. The number of benzene rings is 1. The molecule has 0 aliphatic carbocycles. The second-order valence-corrected chi connectivity index (χ2v) is 5.44. The number of piperidine rings is 1. The lowest BCUT2D eigenvalue weighted by Crippen LogP contribution is -2.34. The molecule has 90 valence electrons. The molecule has 17 heavy (non-hydrogen) atoms. The third-order valence-corrected chi connectivity index (χ3v) is 4.11. The van der Waals surface area contributed by atoms with E-state index in [-0.39, 0.29) is 0 Å². The summed E-state index contributed by atoms with van der Waals surface area (Å²) in [6.45, 7) is 2.21. The maximum absolute atomic E-state index is 3.68. The molecule has 2 aliphatic rings. The molecule has 0 saturated carbocycles. The van der Waals surface area contributed by atoms with Gasteiger partial charge in [0.1, 0.15) is 0 Å². The topological polar surface area (TPSA) is 12.0 Å². The molecule has 0 aromatic heterocycles. The summed E-state index contributed by atoms with van der Waals surface area (Å²) in [4.78, 5) is 0. The van der Waals surface area contributed by atoms with Gasteiger partial charge in [0.2, 0.25) is 0 Å². The maximum atomic E-state index is 3.68. The Bertz CT molecular complexity index is 402. The second kappa shape index (κ2) is 4.66. The number of nitrogens with one attached hydrogen (secondary N) is 1. The van der Waals surface area contributed by atoms with Gasteiger partial charge in [-0.2, -0.15) is 0 Å². The van der Waals surface area contributed by atoms with E-state index in [1.165, 1.54) is 36.8 Å². The Kier molecular flexibility index (Phi) is 3.02. The number of aryl methyl sites for hydroxylation is 1. The number of rotatable bonds is 2. The molecule has 1 nitrogen and oxygen atoms in total. The third kappa shape index (κ3) is 2.44. The maximum Gasteiger partial charge on any atom is 0.0108 e. The minimum atomic E-state index is 0.759. The highest BCUT2D eigenvalue weighted by atomic mass is 15.0. The normalized spacial score (nSPS) is 27.2. The highest BCUT2D eigenvalue weighted by Crippen LogP contribution is 2.31. The van der Waals surface area contributed by atoms with Gasteiger partial charge in [0.15, 0.2) is 0 Å². The largest absolute Gasteiger partial charge is 0.311 e. The zero-order valence-corrected chi connectivity index (χ0v) is 10.6. The fourth-order valence-electron chi connectivity index (χ4n) is 3.14. The van der Waals surface area contributed by atoms with Crippen molar-refractivity contribution in [2.75, 3.05) is 0 Å². The van der Waals surface area contributed by atoms with Crippen molar-refractivity contribution in [1.29, 1.82) is 0 Å². The van der Waals surface area contributed by atoms with E-state index in [9.17, 15) is 0 Å². The summed E-state index contributed by atoms with van der Waals surface area (Å²) in [5, 5.41) is 3.68. The van der Waals surface area contributed by atoms with Gasteiger partial charge in [-0.25, -0.2) is 0 Å². The molecular weight excluding hydrogens is 206 g/mol. The molecule has 1 aromatic carbocycles. The third-order valence-electron chi connectivity index (χ3n) is 4.11. The van der Waals surface area contributed by atoms with Crippen molar-refractivity contribution in [3.05, 3.63) is 41.0 Å². The molecule has 2 saturated heterocycles. The van der Waals surface area contributed by atoms with E-state index in [1.54, 1.807) is 5.57 Å². The highest BCUT2D eigenvalue weighted by molar-refractivity contribution is 5.54. The first-order chi connectivity index (χ1) is 8.33. The Hall–Kier alpha value is -1.08. The molecule has 1 heteroatoms. The molecule has 2 heterocycles. The second-order valence-electron chi connectivity index (χ2n) is 5.44. The first kappa shape index (κ1) is 11.0. The van der Waals surface area contributed by atoms with Crippen molar-refractivity contribution in [1.82, 2.24) is 5.32 Å². The summed E-state index contributed by atoms with van der Waals surface area (Å²) in [7, 11) is 0. The average Bonchev–Trinajstić information content (AvgIpc) is 2.70. The predicted octanol–water partition coefficient (Wildman–Crippen LogP) is 3.55. The first-order valence-corrected chi connectivity index (χ1v) is 6.88. The minimum absolute atomic E-state index is 0.759. The molecule has 3 rings (SSSR count). The van der Waals surface area contributed by atoms with E-state index >= 15 is 0 Å². The zero-order valence-electron chi connectivity index (χ0n) is 10.6. The summed E-state index contributed by atoms with van der Waals surface area (Å²) in [6.07, 6.45) is 8.79. The molecule has 1 N–H and O–H groups in total. The van der Waals surface area contributed by atoms with Gasteiger partial charge in [-0.05, 0) is 43.2 Å². The predicted molar refractivity (Wildman–Crippen MR) is 73.0 cm³/mol. The van der Waals surface area contributed by atoms with Crippen molar-refractivity contribution < 1.29 is 0 Å². The molecule has 1 aromatic rings. The summed E-state index contributed by atoms with van der Waals surface area (Å²) in [5.41, 5.74) is 4.44. The van der Waals surface area contributed by atoms with Crippen molar-refractivity contribution >= 4 is 6.08 Å². The monoisotopic (exact) mass is 227 g/mol. The van der Waals surface area contributed by atoms with E-state index in [0.717, 1.165) is 18.5 Å². The summed E-state index contributed by atoms with van der Waals surface area (Å²) in [6, 6.07) is 10.5. The van der Waals surface area contributed by atoms with Crippen LogP contribution in [0.3, 0.4) is 0 Å². The van der Waals surface area contributed by atoms with Gasteiger partial charge >= 0.3 is 0 Å². The first-order valence-electron chi connectivity index (χ1n) is 6.88. The zero-order chi connectivity index (χ0) is 11.7. The minimum Gasteiger partial charge on any atom is -0.311 e. The summed E-state index contributed by atoms with van der Waals surface area (Å²) >= 11 is 0.